The Kier molecular flexibility index (Phi) is 3.64. The molecule has 2 aromatic rings. The molecular formula is C13H16N2O2S2. The van der Waals surface area contributed by atoms with Gasteiger partial charge in [-0.15, -0.1) is 11.3 Å². The maximum absolute atomic E-state index is 12.4. The van der Waals surface area contributed by atoms with Gasteiger partial charge in [0.2, 0.25) is 0 Å². The topological polar surface area (TPSA) is 73.1 Å². The van der Waals surface area contributed by atoms with E-state index in [2.05, 4.69) is 4.98 Å². The Morgan fingerprint density at radius 1 is 1.26 bits per heavy atom. The average molecular weight is 296 g/mol. The molecule has 6 heteroatoms. The van der Waals surface area contributed by atoms with Crippen LogP contribution in [-0.2, 0) is 15.6 Å². The van der Waals surface area contributed by atoms with Gasteiger partial charge in [0.15, 0.2) is 9.84 Å². The second-order valence-corrected chi connectivity index (χ2v) is 7.78. The minimum absolute atomic E-state index is 0.0728. The first-order valence-electron chi connectivity index (χ1n) is 5.81. The molecule has 2 N–H and O–H groups in total. The van der Waals surface area contributed by atoms with Crippen LogP contribution in [0.3, 0.4) is 0 Å². The molecule has 0 unspecified atom stereocenters. The monoisotopic (exact) mass is 296 g/mol. The van der Waals surface area contributed by atoms with Gasteiger partial charge >= 0.3 is 0 Å². The van der Waals surface area contributed by atoms with Crippen molar-refractivity contribution in [2.24, 2.45) is 0 Å². The molecule has 102 valence electrons. The van der Waals surface area contributed by atoms with Crippen LogP contribution in [0.25, 0.3) is 0 Å². The molecule has 2 rings (SSSR count). The van der Waals surface area contributed by atoms with Crippen molar-refractivity contribution in [2.45, 2.75) is 31.4 Å². The third-order valence-corrected chi connectivity index (χ3v) is 5.95. The van der Waals surface area contributed by atoms with E-state index in [1.165, 1.54) is 17.4 Å². The lowest BCUT2D eigenvalue weighted by molar-refractivity contribution is 0.594. The smallest absolute Gasteiger partial charge is 0.185 e. The van der Waals surface area contributed by atoms with Crippen LogP contribution < -0.4 is 5.73 Å². The lowest BCUT2D eigenvalue weighted by atomic mass is 10.2. The van der Waals surface area contributed by atoms with Crippen molar-refractivity contribution < 1.29 is 8.42 Å². The van der Waals surface area contributed by atoms with Crippen molar-refractivity contribution in [1.82, 2.24) is 4.98 Å². The zero-order valence-electron chi connectivity index (χ0n) is 11.1. The first-order valence-corrected chi connectivity index (χ1v) is 8.28. The molecule has 0 saturated heterocycles. The van der Waals surface area contributed by atoms with Crippen LogP contribution in [-0.4, -0.2) is 13.4 Å². The lowest BCUT2D eigenvalue weighted by Crippen LogP contribution is -2.07. The van der Waals surface area contributed by atoms with Crippen molar-refractivity contribution in [2.75, 3.05) is 5.73 Å². The predicted molar refractivity (Wildman–Crippen MR) is 78.1 cm³/mol. The number of nitrogen functional groups attached to an aromatic ring is 1. The van der Waals surface area contributed by atoms with Crippen LogP contribution in [0.5, 0.6) is 0 Å². The highest BCUT2D eigenvalue weighted by atomic mass is 32.2. The number of anilines is 1. The summed E-state index contributed by atoms with van der Waals surface area (Å²) in [5, 5.41) is 0.622. The van der Waals surface area contributed by atoms with E-state index in [1.807, 2.05) is 13.8 Å². The molecule has 1 heterocycles. The minimum Gasteiger partial charge on any atom is -0.399 e. The van der Waals surface area contributed by atoms with E-state index >= 15 is 0 Å². The summed E-state index contributed by atoms with van der Waals surface area (Å²) in [6.45, 7) is 5.59. The Labute approximate surface area is 117 Å². The number of benzene rings is 1. The van der Waals surface area contributed by atoms with Crippen molar-refractivity contribution in [3.05, 3.63) is 39.3 Å². The number of hydrogen-bond acceptors (Lipinski definition) is 5. The van der Waals surface area contributed by atoms with E-state index < -0.39 is 9.84 Å². The van der Waals surface area contributed by atoms with Gasteiger partial charge in [0, 0.05) is 10.6 Å². The van der Waals surface area contributed by atoms with Crippen molar-refractivity contribution in [3.63, 3.8) is 0 Å². The zero-order chi connectivity index (χ0) is 14.2. The molecule has 0 amide bonds. The fourth-order valence-electron chi connectivity index (χ4n) is 1.79. The summed E-state index contributed by atoms with van der Waals surface area (Å²) in [6.07, 6.45) is 0. The van der Waals surface area contributed by atoms with Gasteiger partial charge in [-0.2, -0.15) is 0 Å². The number of aromatic nitrogens is 1. The number of nitrogens with zero attached hydrogens (tertiary/aromatic N) is 1. The van der Waals surface area contributed by atoms with E-state index in [1.54, 1.807) is 19.1 Å². The van der Waals surface area contributed by atoms with Crippen molar-refractivity contribution >= 4 is 26.9 Å². The van der Waals surface area contributed by atoms with E-state index in [0.29, 0.717) is 16.3 Å². The first-order chi connectivity index (χ1) is 8.79. The fraction of sp³-hybridized carbons (Fsp3) is 0.308. The molecule has 0 saturated carbocycles. The number of thiazole rings is 1. The number of sulfone groups is 1. The molecule has 19 heavy (non-hydrogen) atoms. The number of hydrogen-bond donors (Lipinski definition) is 1. The summed E-state index contributed by atoms with van der Waals surface area (Å²) < 4.78 is 24.8. The predicted octanol–water partition coefficient (Wildman–Crippen LogP) is 2.62. The molecular weight excluding hydrogens is 280 g/mol. The summed E-state index contributed by atoms with van der Waals surface area (Å²) in [4.78, 5) is 5.62. The molecule has 0 aliphatic carbocycles. The molecule has 0 aliphatic heterocycles. The second-order valence-electron chi connectivity index (χ2n) is 4.53. The summed E-state index contributed by atoms with van der Waals surface area (Å²) in [5.74, 6) is -0.0728. The van der Waals surface area contributed by atoms with Crippen LogP contribution in [0.4, 0.5) is 5.69 Å². The third-order valence-electron chi connectivity index (χ3n) is 2.93. The highest BCUT2D eigenvalue weighted by Crippen LogP contribution is 2.25. The molecule has 0 bridgehead atoms. The van der Waals surface area contributed by atoms with Crippen LogP contribution in [0.2, 0.25) is 0 Å². The molecule has 0 fully saturated rings. The molecule has 1 aromatic heterocycles. The van der Waals surface area contributed by atoms with Crippen LogP contribution >= 0.6 is 11.3 Å². The van der Waals surface area contributed by atoms with Gasteiger partial charge < -0.3 is 5.73 Å². The van der Waals surface area contributed by atoms with Crippen molar-refractivity contribution in [3.8, 4) is 0 Å². The van der Waals surface area contributed by atoms with Gasteiger partial charge in [0.1, 0.15) is 10.8 Å². The third kappa shape index (κ3) is 2.96. The Hall–Kier alpha value is -1.40. The number of rotatable bonds is 3. The number of nitrogens with two attached hydrogens (primary N) is 1. The highest BCUT2D eigenvalue weighted by molar-refractivity contribution is 7.90. The molecule has 4 nitrogen and oxygen atoms in total. The van der Waals surface area contributed by atoms with Gasteiger partial charge in [-0.25, -0.2) is 13.4 Å². The van der Waals surface area contributed by atoms with Gasteiger partial charge in [-0.1, -0.05) is 6.07 Å². The summed E-state index contributed by atoms with van der Waals surface area (Å²) in [5.41, 5.74) is 7.72. The standard InChI is InChI=1S/C13H16N2O2S2/c1-8-4-5-11(14)6-12(8)19(16,17)7-13-15-9(2)10(3)18-13/h4-6H,7,14H2,1-3H3. The van der Waals surface area contributed by atoms with Crippen LogP contribution in [0, 0.1) is 20.8 Å². The van der Waals surface area contributed by atoms with E-state index in [0.717, 1.165) is 10.6 Å². The Morgan fingerprint density at radius 3 is 2.53 bits per heavy atom. The van der Waals surface area contributed by atoms with Gasteiger partial charge in [0.25, 0.3) is 0 Å². The largest absolute Gasteiger partial charge is 0.399 e. The minimum atomic E-state index is -3.40. The molecule has 0 atom stereocenters. The molecule has 0 aliphatic rings. The SMILES string of the molecule is Cc1ccc(N)cc1S(=O)(=O)Cc1nc(C)c(C)s1. The van der Waals surface area contributed by atoms with E-state index in [9.17, 15) is 8.42 Å². The zero-order valence-corrected chi connectivity index (χ0v) is 12.7. The second kappa shape index (κ2) is 4.94. The lowest BCUT2D eigenvalue weighted by Gasteiger charge is -2.07. The number of aryl methyl sites for hydroxylation is 3. The Balaban J connectivity index is 2.40. The molecule has 1 aromatic carbocycles. The van der Waals surface area contributed by atoms with Crippen LogP contribution in [0.1, 0.15) is 21.1 Å². The van der Waals surface area contributed by atoms with Crippen LogP contribution in [0.15, 0.2) is 23.1 Å². The average Bonchev–Trinajstić information content (AvgIpc) is 2.60. The normalized spacial score (nSPS) is 11.7. The Bertz CT molecular complexity index is 699. The summed E-state index contributed by atoms with van der Waals surface area (Å²) in [6, 6.07) is 4.94. The fourth-order valence-corrected chi connectivity index (χ4v) is 4.64. The Morgan fingerprint density at radius 2 is 1.95 bits per heavy atom. The van der Waals surface area contributed by atoms with Gasteiger partial charge in [0.05, 0.1) is 10.6 Å². The quantitative estimate of drug-likeness (QED) is 0.884. The van der Waals surface area contributed by atoms with Gasteiger partial charge in [-0.05, 0) is 38.5 Å². The highest BCUT2D eigenvalue weighted by Gasteiger charge is 2.20. The van der Waals surface area contributed by atoms with Gasteiger partial charge in [-0.3, -0.25) is 0 Å². The summed E-state index contributed by atoms with van der Waals surface area (Å²) >= 11 is 1.42. The van der Waals surface area contributed by atoms with Crippen molar-refractivity contribution in [1.29, 1.82) is 0 Å². The molecule has 0 radical (unpaired) electrons. The maximum Gasteiger partial charge on any atom is 0.185 e. The summed E-state index contributed by atoms with van der Waals surface area (Å²) in [7, 11) is -3.40. The van der Waals surface area contributed by atoms with E-state index in [4.69, 9.17) is 5.73 Å². The molecule has 0 spiro atoms. The maximum atomic E-state index is 12.4. The first kappa shape index (κ1) is 14.0. The van der Waals surface area contributed by atoms with E-state index in [-0.39, 0.29) is 10.6 Å².